The zero-order valence-electron chi connectivity index (χ0n) is 11.1. The van der Waals surface area contributed by atoms with Crippen molar-refractivity contribution in [2.45, 2.75) is 13.3 Å². The van der Waals surface area contributed by atoms with E-state index in [2.05, 4.69) is 9.97 Å². The SMILES string of the molecule is CCCN(CC(=O)O)C(=O)CN(C)c1ncccn1. The van der Waals surface area contributed by atoms with Crippen LogP contribution in [0.4, 0.5) is 5.95 Å². The fourth-order valence-electron chi connectivity index (χ4n) is 1.59. The molecule has 19 heavy (non-hydrogen) atoms. The maximum absolute atomic E-state index is 12.0. The average molecular weight is 266 g/mol. The first-order valence-corrected chi connectivity index (χ1v) is 6.02. The molecule has 0 fully saturated rings. The summed E-state index contributed by atoms with van der Waals surface area (Å²) in [6.45, 7) is 2.09. The van der Waals surface area contributed by atoms with Crippen molar-refractivity contribution in [1.29, 1.82) is 0 Å². The standard InChI is InChI=1S/C12H18N4O3/c1-3-7-16(9-11(18)19)10(17)8-15(2)12-13-5-4-6-14-12/h4-6H,3,7-9H2,1-2H3,(H,18,19). The maximum atomic E-state index is 12.0. The Kier molecular flexibility index (Phi) is 5.72. The molecule has 104 valence electrons. The Balaban J connectivity index is 2.63. The summed E-state index contributed by atoms with van der Waals surface area (Å²) in [6, 6.07) is 1.69. The highest BCUT2D eigenvalue weighted by molar-refractivity contribution is 5.84. The molecule has 0 radical (unpaired) electrons. The number of aromatic nitrogens is 2. The fourth-order valence-corrected chi connectivity index (χ4v) is 1.59. The van der Waals surface area contributed by atoms with Crippen molar-refractivity contribution in [1.82, 2.24) is 14.9 Å². The normalized spacial score (nSPS) is 10.0. The van der Waals surface area contributed by atoms with Crippen molar-refractivity contribution in [3.8, 4) is 0 Å². The zero-order valence-corrected chi connectivity index (χ0v) is 11.1. The van der Waals surface area contributed by atoms with Crippen LogP contribution in [-0.4, -0.2) is 58.5 Å². The molecule has 1 heterocycles. The molecular weight excluding hydrogens is 248 g/mol. The molecule has 0 aliphatic heterocycles. The van der Waals surface area contributed by atoms with Gasteiger partial charge in [-0.1, -0.05) is 6.92 Å². The molecule has 1 aromatic rings. The largest absolute Gasteiger partial charge is 0.480 e. The molecule has 1 aromatic heterocycles. The quantitative estimate of drug-likeness (QED) is 0.760. The summed E-state index contributed by atoms with van der Waals surface area (Å²) in [5, 5.41) is 8.78. The number of anilines is 1. The van der Waals surface area contributed by atoms with Crippen LogP contribution in [0.25, 0.3) is 0 Å². The average Bonchev–Trinajstić information content (AvgIpc) is 2.38. The smallest absolute Gasteiger partial charge is 0.323 e. The molecule has 1 rings (SSSR count). The number of hydrogen-bond acceptors (Lipinski definition) is 5. The van der Waals surface area contributed by atoms with E-state index in [-0.39, 0.29) is 19.0 Å². The number of carboxylic acid groups (broad SMARTS) is 1. The second kappa shape index (κ2) is 7.30. The Labute approximate surface area is 111 Å². The Hall–Kier alpha value is -2.18. The molecule has 0 saturated heterocycles. The minimum atomic E-state index is -1.01. The van der Waals surface area contributed by atoms with Gasteiger partial charge in [0.05, 0.1) is 6.54 Å². The van der Waals surface area contributed by atoms with Gasteiger partial charge in [0.2, 0.25) is 11.9 Å². The van der Waals surface area contributed by atoms with Gasteiger partial charge >= 0.3 is 5.97 Å². The molecule has 0 bridgehead atoms. The monoisotopic (exact) mass is 266 g/mol. The lowest BCUT2D eigenvalue weighted by atomic mass is 10.3. The van der Waals surface area contributed by atoms with Crippen LogP contribution in [0.1, 0.15) is 13.3 Å². The van der Waals surface area contributed by atoms with Crippen molar-refractivity contribution >= 4 is 17.8 Å². The second-order valence-corrected chi connectivity index (χ2v) is 4.11. The van der Waals surface area contributed by atoms with E-state index in [1.165, 1.54) is 4.90 Å². The van der Waals surface area contributed by atoms with Gasteiger partial charge in [-0.2, -0.15) is 0 Å². The number of carbonyl (C=O) groups excluding carboxylic acids is 1. The van der Waals surface area contributed by atoms with Gasteiger partial charge in [-0.05, 0) is 12.5 Å². The Morgan fingerprint density at radius 3 is 2.42 bits per heavy atom. The minimum Gasteiger partial charge on any atom is -0.480 e. The summed E-state index contributed by atoms with van der Waals surface area (Å²) in [4.78, 5) is 33.7. The molecule has 1 amide bonds. The van der Waals surface area contributed by atoms with E-state index in [1.54, 1.807) is 30.4 Å². The summed E-state index contributed by atoms with van der Waals surface area (Å²) in [7, 11) is 1.69. The molecule has 7 heteroatoms. The molecular formula is C12H18N4O3. The van der Waals surface area contributed by atoms with Gasteiger partial charge in [0.1, 0.15) is 6.54 Å². The van der Waals surface area contributed by atoms with Gasteiger partial charge in [0.15, 0.2) is 0 Å². The third-order valence-corrected chi connectivity index (χ3v) is 2.44. The number of nitrogens with zero attached hydrogens (tertiary/aromatic N) is 4. The van der Waals surface area contributed by atoms with Gasteiger partial charge in [-0.15, -0.1) is 0 Å². The van der Waals surface area contributed by atoms with Crippen LogP contribution < -0.4 is 4.90 Å². The maximum Gasteiger partial charge on any atom is 0.323 e. The molecule has 0 aliphatic rings. The van der Waals surface area contributed by atoms with Crippen LogP contribution in [0.3, 0.4) is 0 Å². The molecule has 0 aliphatic carbocycles. The number of rotatable bonds is 7. The lowest BCUT2D eigenvalue weighted by molar-refractivity contribution is -0.143. The van der Waals surface area contributed by atoms with Crippen LogP contribution in [0.15, 0.2) is 18.5 Å². The second-order valence-electron chi connectivity index (χ2n) is 4.11. The summed E-state index contributed by atoms with van der Waals surface area (Å²) < 4.78 is 0. The number of aliphatic carboxylic acids is 1. The molecule has 0 unspecified atom stereocenters. The highest BCUT2D eigenvalue weighted by atomic mass is 16.4. The summed E-state index contributed by atoms with van der Waals surface area (Å²) >= 11 is 0. The van der Waals surface area contributed by atoms with Gasteiger partial charge < -0.3 is 14.9 Å². The number of amides is 1. The molecule has 0 atom stereocenters. The van der Waals surface area contributed by atoms with Crippen LogP contribution >= 0.6 is 0 Å². The van der Waals surface area contributed by atoms with E-state index in [1.807, 2.05) is 6.92 Å². The van der Waals surface area contributed by atoms with E-state index in [4.69, 9.17) is 5.11 Å². The van der Waals surface area contributed by atoms with Crippen LogP contribution in [-0.2, 0) is 9.59 Å². The highest BCUT2D eigenvalue weighted by Crippen LogP contribution is 2.03. The lowest BCUT2D eigenvalue weighted by Gasteiger charge is -2.23. The first-order valence-electron chi connectivity index (χ1n) is 6.02. The van der Waals surface area contributed by atoms with Gasteiger partial charge in [-0.25, -0.2) is 9.97 Å². The van der Waals surface area contributed by atoms with Gasteiger partial charge in [0, 0.05) is 26.0 Å². The molecule has 7 nitrogen and oxygen atoms in total. The third-order valence-electron chi connectivity index (χ3n) is 2.44. The Morgan fingerprint density at radius 2 is 1.89 bits per heavy atom. The predicted octanol–water partition coefficient (Wildman–Crippen LogP) is 0.236. The van der Waals surface area contributed by atoms with E-state index in [9.17, 15) is 9.59 Å². The first kappa shape index (κ1) is 14.9. The van der Waals surface area contributed by atoms with Crippen LogP contribution in [0.5, 0.6) is 0 Å². The topological polar surface area (TPSA) is 86.6 Å². The van der Waals surface area contributed by atoms with E-state index in [0.29, 0.717) is 18.9 Å². The number of hydrogen-bond donors (Lipinski definition) is 1. The molecule has 1 N–H and O–H groups in total. The number of carboxylic acids is 1. The van der Waals surface area contributed by atoms with Crippen molar-refractivity contribution in [2.24, 2.45) is 0 Å². The number of carbonyl (C=O) groups is 2. The molecule has 0 spiro atoms. The van der Waals surface area contributed by atoms with Crippen LogP contribution in [0, 0.1) is 0 Å². The lowest BCUT2D eigenvalue weighted by Crippen LogP contribution is -2.42. The zero-order chi connectivity index (χ0) is 14.3. The Bertz CT molecular complexity index is 424. The number of likely N-dealkylation sites (N-methyl/N-ethyl adjacent to an activating group) is 1. The third kappa shape index (κ3) is 4.90. The summed E-state index contributed by atoms with van der Waals surface area (Å²) in [5.41, 5.74) is 0. The predicted molar refractivity (Wildman–Crippen MR) is 69.8 cm³/mol. The first-order chi connectivity index (χ1) is 9.04. The van der Waals surface area contributed by atoms with Crippen LogP contribution in [0.2, 0.25) is 0 Å². The van der Waals surface area contributed by atoms with E-state index >= 15 is 0 Å². The fraction of sp³-hybridized carbons (Fsp3) is 0.500. The van der Waals surface area contributed by atoms with Crippen molar-refractivity contribution in [3.63, 3.8) is 0 Å². The van der Waals surface area contributed by atoms with E-state index < -0.39 is 5.97 Å². The minimum absolute atomic E-state index is 0.0529. The summed E-state index contributed by atoms with van der Waals surface area (Å²) in [6.07, 6.45) is 3.89. The van der Waals surface area contributed by atoms with Crippen molar-refractivity contribution in [2.75, 3.05) is 31.6 Å². The molecule has 0 aromatic carbocycles. The van der Waals surface area contributed by atoms with Gasteiger partial charge in [0.25, 0.3) is 0 Å². The van der Waals surface area contributed by atoms with E-state index in [0.717, 1.165) is 0 Å². The Morgan fingerprint density at radius 1 is 1.26 bits per heavy atom. The summed E-state index contributed by atoms with van der Waals surface area (Å²) in [5.74, 6) is -0.831. The van der Waals surface area contributed by atoms with Gasteiger partial charge in [-0.3, -0.25) is 9.59 Å². The molecule has 0 saturated carbocycles. The highest BCUT2D eigenvalue weighted by Gasteiger charge is 2.18. The van der Waals surface area contributed by atoms with Crippen molar-refractivity contribution in [3.05, 3.63) is 18.5 Å². The van der Waals surface area contributed by atoms with Crippen molar-refractivity contribution < 1.29 is 14.7 Å².